The third kappa shape index (κ3) is 3.38. The minimum absolute atomic E-state index is 0.493. The molecule has 0 radical (unpaired) electrons. The van der Waals surface area contributed by atoms with E-state index in [1.807, 2.05) is 37.3 Å². The normalized spacial score (nSPS) is 12.2. The lowest BCUT2D eigenvalue weighted by molar-refractivity contribution is 0.199. The first-order valence-corrected chi connectivity index (χ1v) is 7.42. The lowest BCUT2D eigenvalue weighted by atomic mass is 10.1. The van der Waals surface area contributed by atoms with Crippen LogP contribution in [0.4, 0.5) is 0 Å². The molecule has 20 heavy (non-hydrogen) atoms. The molecule has 4 heteroatoms. The second kappa shape index (κ2) is 6.37. The van der Waals surface area contributed by atoms with Gasteiger partial charge in [0.15, 0.2) is 0 Å². The van der Waals surface area contributed by atoms with Crippen LogP contribution >= 0.6 is 15.9 Å². The molecule has 0 saturated heterocycles. The number of hydrogen-bond donors (Lipinski definition) is 1. The van der Waals surface area contributed by atoms with Gasteiger partial charge in [-0.05, 0) is 66.0 Å². The van der Waals surface area contributed by atoms with Gasteiger partial charge < -0.3 is 9.84 Å². The Morgan fingerprint density at radius 3 is 2.55 bits per heavy atom. The highest BCUT2D eigenvalue weighted by Crippen LogP contribution is 2.33. The summed E-state index contributed by atoms with van der Waals surface area (Å²) in [5, 5.41) is 9.57. The van der Waals surface area contributed by atoms with Gasteiger partial charge in [-0.3, -0.25) is 4.98 Å². The van der Waals surface area contributed by atoms with Gasteiger partial charge in [0.05, 0.1) is 16.3 Å². The Hall–Kier alpha value is -1.39. The van der Waals surface area contributed by atoms with Crippen LogP contribution < -0.4 is 4.74 Å². The monoisotopic (exact) mass is 335 g/mol. The average molecular weight is 336 g/mol. The van der Waals surface area contributed by atoms with Gasteiger partial charge in [-0.1, -0.05) is 13.0 Å². The maximum atomic E-state index is 9.57. The molecular weight excluding hydrogens is 318 g/mol. The van der Waals surface area contributed by atoms with Gasteiger partial charge in [-0.2, -0.15) is 0 Å². The first-order valence-electron chi connectivity index (χ1n) is 6.63. The van der Waals surface area contributed by atoms with Crippen LogP contribution in [0.15, 0.2) is 34.8 Å². The Kier molecular flexibility index (Phi) is 4.78. The van der Waals surface area contributed by atoms with Crippen LogP contribution in [0.2, 0.25) is 0 Å². The lowest BCUT2D eigenvalue weighted by Crippen LogP contribution is -1.97. The van der Waals surface area contributed by atoms with E-state index in [2.05, 4.69) is 27.8 Å². The number of aryl methyl sites for hydroxylation is 2. The van der Waals surface area contributed by atoms with E-state index < -0.39 is 6.10 Å². The maximum absolute atomic E-state index is 9.57. The molecule has 2 rings (SSSR count). The molecule has 106 valence electrons. The fourth-order valence-corrected chi connectivity index (χ4v) is 2.40. The summed E-state index contributed by atoms with van der Waals surface area (Å²) in [5.41, 5.74) is 2.77. The zero-order valence-electron chi connectivity index (χ0n) is 11.9. The second-order valence-corrected chi connectivity index (χ2v) is 5.57. The number of pyridine rings is 1. The molecule has 2 aromatic rings. The Balaban J connectivity index is 2.30. The molecule has 0 spiro atoms. The van der Waals surface area contributed by atoms with E-state index in [0.29, 0.717) is 0 Å². The molecule has 1 heterocycles. The summed E-state index contributed by atoms with van der Waals surface area (Å²) in [6.45, 7) is 5.76. The van der Waals surface area contributed by atoms with Crippen molar-refractivity contribution in [3.8, 4) is 11.5 Å². The predicted molar refractivity (Wildman–Crippen MR) is 83.2 cm³/mol. The Morgan fingerprint density at radius 2 is 1.95 bits per heavy atom. The number of benzene rings is 1. The first-order chi connectivity index (χ1) is 9.51. The van der Waals surface area contributed by atoms with Crippen LogP contribution in [0.5, 0.6) is 11.5 Å². The van der Waals surface area contributed by atoms with Crippen molar-refractivity contribution in [2.24, 2.45) is 0 Å². The molecule has 0 saturated carbocycles. The van der Waals surface area contributed by atoms with E-state index in [1.54, 1.807) is 6.92 Å². The third-order valence-corrected chi connectivity index (χ3v) is 3.68. The maximum Gasteiger partial charge on any atom is 0.148 e. The topological polar surface area (TPSA) is 42.4 Å². The summed E-state index contributed by atoms with van der Waals surface area (Å²) < 4.78 is 6.75. The van der Waals surface area contributed by atoms with Crippen molar-refractivity contribution < 1.29 is 9.84 Å². The van der Waals surface area contributed by atoms with Gasteiger partial charge in [0.25, 0.3) is 0 Å². The van der Waals surface area contributed by atoms with Crippen molar-refractivity contribution in [3.05, 3.63) is 51.8 Å². The summed E-state index contributed by atoms with van der Waals surface area (Å²) in [5.74, 6) is 1.48. The van der Waals surface area contributed by atoms with Gasteiger partial charge >= 0.3 is 0 Å². The van der Waals surface area contributed by atoms with Crippen molar-refractivity contribution in [2.75, 3.05) is 0 Å². The quantitative estimate of drug-likeness (QED) is 0.890. The number of aliphatic hydroxyl groups is 1. The lowest BCUT2D eigenvalue weighted by Gasteiger charge is -2.13. The van der Waals surface area contributed by atoms with Crippen LogP contribution in [0.3, 0.4) is 0 Å². The zero-order valence-corrected chi connectivity index (χ0v) is 13.4. The number of ether oxygens (including phenoxy) is 1. The highest BCUT2D eigenvalue weighted by molar-refractivity contribution is 9.10. The molecule has 1 atom stereocenters. The summed E-state index contributed by atoms with van der Waals surface area (Å²) in [7, 11) is 0. The van der Waals surface area contributed by atoms with Crippen molar-refractivity contribution >= 4 is 15.9 Å². The smallest absolute Gasteiger partial charge is 0.148 e. The Bertz CT molecular complexity index is 611. The van der Waals surface area contributed by atoms with Crippen LogP contribution in [0.1, 0.15) is 36.9 Å². The molecule has 0 fully saturated rings. The van der Waals surface area contributed by atoms with Crippen molar-refractivity contribution in [1.29, 1.82) is 0 Å². The van der Waals surface area contributed by atoms with E-state index in [-0.39, 0.29) is 0 Å². The molecule has 0 aliphatic carbocycles. The number of hydrogen-bond acceptors (Lipinski definition) is 3. The highest BCUT2D eigenvalue weighted by Gasteiger charge is 2.10. The van der Waals surface area contributed by atoms with Gasteiger partial charge in [0.1, 0.15) is 11.5 Å². The van der Waals surface area contributed by atoms with Crippen LogP contribution in [-0.2, 0) is 6.42 Å². The fourth-order valence-electron chi connectivity index (χ4n) is 1.92. The van der Waals surface area contributed by atoms with Crippen LogP contribution in [0.25, 0.3) is 0 Å². The van der Waals surface area contributed by atoms with Gasteiger partial charge in [0, 0.05) is 5.69 Å². The SMILES string of the molecule is CCc1nc(C)ccc1Oc1ccc(C(C)O)cc1Br. The highest BCUT2D eigenvalue weighted by atomic mass is 79.9. The molecule has 0 bridgehead atoms. The van der Waals surface area contributed by atoms with Crippen LogP contribution in [-0.4, -0.2) is 10.1 Å². The summed E-state index contributed by atoms with van der Waals surface area (Å²) in [6, 6.07) is 9.46. The number of aromatic nitrogens is 1. The molecule has 0 aliphatic heterocycles. The van der Waals surface area contributed by atoms with Gasteiger partial charge in [-0.25, -0.2) is 0 Å². The molecule has 1 N–H and O–H groups in total. The Morgan fingerprint density at radius 1 is 1.25 bits per heavy atom. The van der Waals surface area contributed by atoms with Crippen molar-refractivity contribution in [2.45, 2.75) is 33.3 Å². The van der Waals surface area contributed by atoms with E-state index >= 15 is 0 Å². The van der Waals surface area contributed by atoms with Gasteiger partial charge in [-0.15, -0.1) is 0 Å². The van der Waals surface area contributed by atoms with Crippen molar-refractivity contribution in [1.82, 2.24) is 4.98 Å². The van der Waals surface area contributed by atoms with E-state index in [1.165, 1.54) is 0 Å². The average Bonchev–Trinajstić information content (AvgIpc) is 2.42. The van der Waals surface area contributed by atoms with Crippen LogP contribution in [0, 0.1) is 6.92 Å². The van der Waals surface area contributed by atoms with Gasteiger partial charge in [0.2, 0.25) is 0 Å². The largest absolute Gasteiger partial charge is 0.454 e. The number of aliphatic hydroxyl groups excluding tert-OH is 1. The molecule has 3 nitrogen and oxygen atoms in total. The predicted octanol–water partition coefficient (Wildman–Crippen LogP) is 4.56. The molecule has 1 unspecified atom stereocenters. The molecule has 0 aliphatic rings. The number of halogens is 1. The molecule has 1 aromatic heterocycles. The molecule has 1 aromatic carbocycles. The minimum atomic E-state index is -0.493. The van der Waals surface area contributed by atoms with E-state index in [9.17, 15) is 5.11 Å². The van der Waals surface area contributed by atoms with Crippen molar-refractivity contribution in [3.63, 3.8) is 0 Å². The van der Waals surface area contributed by atoms with E-state index in [0.717, 1.165) is 39.3 Å². The third-order valence-electron chi connectivity index (χ3n) is 3.06. The number of rotatable bonds is 4. The van der Waals surface area contributed by atoms with E-state index in [4.69, 9.17) is 4.74 Å². The molecule has 0 amide bonds. The number of nitrogens with zero attached hydrogens (tertiary/aromatic N) is 1. The fraction of sp³-hybridized carbons (Fsp3) is 0.312. The summed E-state index contributed by atoms with van der Waals surface area (Å²) >= 11 is 3.48. The summed E-state index contributed by atoms with van der Waals surface area (Å²) in [4.78, 5) is 4.48. The standard InChI is InChI=1S/C16H18BrNO2/c1-4-14-16(7-5-10(2)18-14)20-15-8-6-12(11(3)19)9-13(15)17/h5-9,11,19H,4H2,1-3H3. The Labute approximate surface area is 127 Å². The second-order valence-electron chi connectivity index (χ2n) is 4.72. The zero-order chi connectivity index (χ0) is 14.7. The minimum Gasteiger partial charge on any atom is -0.454 e. The molecular formula is C16H18BrNO2. The summed E-state index contributed by atoms with van der Waals surface area (Å²) in [6.07, 6.45) is 0.327. The first kappa shape index (κ1) is 15.0.